The SMILES string of the molecule is [2H]c1c([2H])c(-c2cccc(C([2H])([2H])[2H])c2)c(-n2[c](=[Pt])n(-c3[c-]c(Oc4ccc5c(n4)N4B6c7c-5cccc7-c5c(cccc5C([2H])([2H])[2H])N6c5ccc[c-]c54)ccc3)c3ccccc32)c(-c2cc(-c3ccccc3)cc(C(C)(C)C)c2)c1[2H]. The molecule has 0 unspecified atom stereocenters. The number of aryl methyl sites for hydroxylation is 2. The van der Waals surface area contributed by atoms with E-state index in [2.05, 4.69) is 80.1 Å². The van der Waals surface area contributed by atoms with E-state index in [1.54, 1.807) is 30.3 Å². The van der Waals surface area contributed by atoms with Crippen molar-refractivity contribution in [1.82, 2.24) is 14.1 Å². The number of fused-ring (bicyclic) bond motifs is 10. The van der Waals surface area contributed by atoms with Gasteiger partial charge in [-0.1, -0.05) is 24.3 Å². The predicted molar refractivity (Wildman–Crippen MR) is 299 cm³/mol. The molecule has 0 saturated heterocycles. The summed E-state index contributed by atoms with van der Waals surface area (Å²) in [5.74, 6) is 1.35. The van der Waals surface area contributed by atoms with Crippen molar-refractivity contribution in [2.75, 3.05) is 9.62 Å². The monoisotopic (exact) mass is 1140 g/mol. The Labute approximate surface area is 455 Å². The molecule has 0 radical (unpaired) electrons. The average Bonchev–Trinajstić information content (AvgIpc) is 1.96. The molecule has 0 saturated carbocycles. The van der Waals surface area contributed by atoms with Crippen LogP contribution in [0.4, 0.5) is 22.9 Å². The summed E-state index contributed by atoms with van der Waals surface area (Å²) in [6.07, 6.45) is 0. The zero-order valence-electron chi connectivity index (χ0n) is 49.4. The van der Waals surface area contributed by atoms with E-state index in [0.29, 0.717) is 66.0 Å². The van der Waals surface area contributed by atoms with Crippen LogP contribution < -0.4 is 19.8 Å². The fourth-order valence-electron chi connectivity index (χ4n) is 11.1. The zero-order valence-corrected chi connectivity index (χ0v) is 42.6. The van der Waals surface area contributed by atoms with Crippen LogP contribution in [-0.4, -0.2) is 21.1 Å². The predicted octanol–water partition coefficient (Wildman–Crippen LogP) is 15.8. The maximum absolute atomic E-state index is 9.92. The molecule has 0 atom stereocenters. The molecule has 2 aromatic heterocycles. The second kappa shape index (κ2) is 16.9. The summed E-state index contributed by atoms with van der Waals surface area (Å²) in [5.41, 5.74) is 14.1. The topological polar surface area (TPSA) is 38.5 Å². The molecular weight excluding hydrogens is 1080 g/mol. The van der Waals surface area contributed by atoms with Crippen LogP contribution in [-0.2, 0) is 24.8 Å². The number of anilines is 4. The van der Waals surface area contributed by atoms with Gasteiger partial charge < -0.3 is 0 Å². The number of nitrogens with zero attached hydrogens (tertiary/aromatic N) is 5. The number of ether oxygens (including phenoxy) is 1. The van der Waals surface area contributed by atoms with E-state index in [4.69, 9.17) is 17.9 Å². The summed E-state index contributed by atoms with van der Waals surface area (Å²) in [6.45, 7) is 1.22. The third kappa shape index (κ3) is 6.90. The maximum atomic E-state index is 9.92. The van der Waals surface area contributed by atoms with Crippen molar-refractivity contribution in [3.05, 3.63) is 233 Å². The Bertz CT molecular complexity index is 4610. The number of benzene rings is 9. The van der Waals surface area contributed by atoms with E-state index < -0.39 is 13.7 Å². The number of hydrogen-bond donors (Lipinski definition) is 0. The molecule has 0 fully saturated rings. The number of aromatic nitrogens is 3. The van der Waals surface area contributed by atoms with E-state index in [0.717, 1.165) is 66.9 Å². The number of para-hydroxylation sites is 4. The van der Waals surface area contributed by atoms with Gasteiger partial charge in [0, 0.05) is 15.4 Å². The average molecular weight is 1140 g/mol. The fourth-order valence-corrected chi connectivity index (χ4v) is 12.2. The summed E-state index contributed by atoms with van der Waals surface area (Å²) in [7, 11) is 0. The molecule has 3 aliphatic heterocycles. The normalized spacial score (nSPS) is 15.0. The van der Waals surface area contributed by atoms with E-state index in [1.807, 2.05) is 143 Å². The van der Waals surface area contributed by atoms with Crippen molar-refractivity contribution in [3.63, 3.8) is 0 Å². The van der Waals surface area contributed by atoms with Crippen LogP contribution in [0.2, 0.25) is 0 Å². The Morgan fingerprint density at radius 2 is 1.36 bits per heavy atom. The van der Waals surface area contributed by atoms with Gasteiger partial charge in [0.25, 0.3) is 0 Å². The number of rotatable bonds is 7. The van der Waals surface area contributed by atoms with Gasteiger partial charge >= 0.3 is 376 Å². The Kier molecular flexibility index (Phi) is 8.18. The van der Waals surface area contributed by atoms with Gasteiger partial charge in [-0.15, -0.1) is 6.07 Å². The Balaban J connectivity index is 0.940. The molecule has 5 heterocycles. The third-order valence-corrected chi connectivity index (χ3v) is 15.5. The summed E-state index contributed by atoms with van der Waals surface area (Å²) >= 11 is 2.28. The first-order chi connectivity index (χ1) is 39.8. The molecule has 358 valence electrons. The van der Waals surface area contributed by atoms with Gasteiger partial charge in [0.15, 0.2) is 0 Å². The molecule has 0 aliphatic carbocycles. The van der Waals surface area contributed by atoms with Crippen LogP contribution in [0.1, 0.15) is 49.8 Å². The van der Waals surface area contributed by atoms with Gasteiger partial charge in [-0.3, -0.25) is 0 Å². The zero-order chi connectivity index (χ0) is 57.6. The minimum absolute atomic E-state index is 0.0854. The molecular formula is C66H48BN5OPt-2. The third-order valence-electron chi connectivity index (χ3n) is 14.4. The molecule has 11 aromatic rings. The second-order valence-electron chi connectivity index (χ2n) is 19.9. The molecule has 0 N–H and O–H groups in total. The minimum atomic E-state index is -2.46. The van der Waals surface area contributed by atoms with Crippen molar-refractivity contribution in [2.45, 2.75) is 39.9 Å². The Morgan fingerprint density at radius 1 is 0.622 bits per heavy atom. The molecule has 8 heteroatoms. The van der Waals surface area contributed by atoms with Crippen LogP contribution >= 0.6 is 0 Å². The van der Waals surface area contributed by atoms with Gasteiger partial charge in [-0.05, 0) is 24.0 Å². The van der Waals surface area contributed by atoms with E-state index >= 15 is 0 Å². The van der Waals surface area contributed by atoms with Crippen LogP contribution in [0, 0.1) is 29.6 Å². The van der Waals surface area contributed by atoms with E-state index in [1.165, 1.54) is 0 Å². The fraction of sp³-hybridized carbons (Fsp3) is 0.0909. The van der Waals surface area contributed by atoms with Crippen molar-refractivity contribution in [1.29, 1.82) is 0 Å². The van der Waals surface area contributed by atoms with Gasteiger partial charge in [0.1, 0.15) is 0 Å². The van der Waals surface area contributed by atoms with Crippen LogP contribution in [0.5, 0.6) is 11.6 Å². The van der Waals surface area contributed by atoms with Crippen LogP contribution in [0.3, 0.4) is 0 Å². The molecule has 14 rings (SSSR count). The Hall–Kier alpha value is -8.25. The van der Waals surface area contributed by atoms with E-state index in [-0.39, 0.29) is 36.1 Å². The standard InChI is InChI=1S/C66H48BN5O.Pt/c1-42-18-13-22-45(36-42)51-25-16-26-52(47-37-46(44-20-7-6-8-21-44)38-48(39-47)66(3,4)5)64(51)70-41-69(56-29-9-10-30-57(56)70)49-23-15-24-50(40-49)73-61-35-34-54-53-27-17-28-55-62-43(2)19-14-33-60(62)71-58-31-11-12-32-59(58)72(65(54)68-61)67(71)63(53)55;/h6-31,33-39H,1-5H3;/q-2;/i1D3,2D3,16D,25D,26D;. The molecule has 9 aromatic carbocycles. The van der Waals surface area contributed by atoms with E-state index in [9.17, 15) is 4.11 Å². The molecule has 0 spiro atoms. The summed E-state index contributed by atoms with van der Waals surface area (Å²) in [6, 6.07) is 64.1. The first kappa shape index (κ1) is 35.8. The molecule has 0 bridgehead atoms. The quantitative estimate of drug-likeness (QED) is 0.118. The summed E-state index contributed by atoms with van der Waals surface area (Å²) < 4.78 is 91.7. The van der Waals surface area contributed by atoms with Crippen LogP contribution in [0.25, 0.3) is 78.0 Å². The van der Waals surface area contributed by atoms with Gasteiger partial charge in [-0.2, -0.15) is 12.1 Å². The number of imidazole rings is 1. The number of pyridine rings is 1. The van der Waals surface area contributed by atoms with Crippen LogP contribution in [0.15, 0.2) is 200 Å². The first-order valence-electron chi connectivity index (χ1n) is 29.0. The summed E-state index contributed by atoms with van der Waals surface area (Å²) in [4.78, 5) is 9.65. The summed E-state index contributed by atoms with van der Waals surface area (Å²) in [5, 5.41) is 0. The van der Waals surface area contributed by atoms with Crippen molar-refractivity contribution >= 4 is 46.4 Å². The molecule has 6 nitrogen and oxygen atoms in total. The second-order valence-corrected chi connectivity index (χ2v) is 20.9. The van der Waals surface area contributed by atoms with Crippen molar-refractivity contribution in [2.24, 2.45) is 0 Å². The van der Waals surface area contributed by atoms with Gasteiger partial charge in [-0.25, -0.2) is 0 Å². The van der Waals surface area contributed by atoms with Crippen molar-refractivity contribution in [3.8, 4) is 78.6 Å². The molecule has 3 aliphatic rings. The van der Waals surface area contributed by atoms with Gasteiger partial charge in [0.2, 0.25) is 0 Å². The molecule has 74 heavy (non-hydrogen) atoms. The number of hydrogen-bond acceptors (Lipinski definition) is 4. The Morgan fingerprint density at radius 3 is 2.20 bits per heavy atom. The first-order valence-corrected chi connectivity index (χ1v) is 25.6. The van der Waals surface area contributed by atoms with Crippen molar-refractivity contribution < 1.29 is 36.4 Å². The molecule has 0 amide bonds. The van der Waals surface area contributed by atoms with Gasteiger partial charge in [0.05, 0.1) is 0 Å².